The van der Waals surface area contributed by atoms with E-state index >= 15 is 0 Å². The number of aromatic nitrogens is 4. The van der Waals surface area contributed by atoms with E-state index in [2.05, 4.69) is 15.1 Å². The molecule has 2 aromatic heterocycles. The van der Waals surface area contributed by atoms with Gasteiger partial charge in [0.25, 0.3) is 0 Å². The third-order valence-corrected chi connectivity index (χ3v) is 10.0. The summed E-state index contributed by atoms with van der Waals surface area (Å²) in [4.78, 5) is 37.4. The number of halogens is 4. The van der Waals surface area contributed by atoms with Crippen LogP contribution in [0.25, 0.3) is 5.69 Å². The van der Waals surface area contributed by atoms with Crippen molar-refractivity contribution in [2.75, 3.05) is 24.5 Å². The van der Waals surface area contributed by atoms with Gasteiger partial charge in [0, 0.05) is 42.5 Å². The first kappa shape index (κ1) is 37.5. The highest BCUT2D eigenvalue weighted by atomic mass is 35.5. The summed E-state index contributed by atoms with van der Waals surface area (Å²) in [5.74, 6) is -0.913. The summed E-state index contributed by atoms with van der Waals surface area (Å²) in [5.41, 5.74) is 0.670. The van der Waals surface area contributed by atoms with Crippen molar-refractivity contribution in [3.8, 4) is 23.3 Å². The molecule has 7 rings (SSSR count). The number of hydrogen-bond acceptors (Lipinski definition) is 9. The monoisotopic (exact) mass is 776 g/mol. The summed E-state index contributed by atoms with van der Waals surface area (Å²) in [5, 5.41) is 14.6. The number of alkyl halides is 3. The van der Waals surface area contributed by atoms with Crippen LogP contribution >= 0.6 is 11.6 Å². The minimum absolute atomic E-state index is 0.00618. The topological polar surface area (TPSA) is 132 Å². The number of carboxylic acids is 1. The molecule has 1 N–H and O–H groups in total. The predicted octanol–water partition coefficient (Wildman–Crippen LogP) is 8.18. The number of carbonyl (C=O) groups is 2. The maximum absolute atomic E-state index is 14.9. The number of carboxylic acid groups (broad SMARTS) is 1. The Morgan fingerprint density at radius 2 is 1.69 bits per heavy atom. The molecule has 12 nitrogen and oxygen atoms in total. The fraction of sp³-hybridized carbons (Fsp3) is 0.308. The van der Waals surface area contributed by atoms with Gasteiger partial charge in [-0.3, -0.25) is 4.90 Å². The van der Waals surface area contributed by atoms with Gasteiger partial charge in [0.2, 0.25) is 12.0 Å². The largest absolute Gasteiger partial charge is 0.480 e. The fourth-order valence-corrected chi connectivity index (χ4v) is 7.18. The number of carbonyl (C=O) groups excluding carboxylic acids is 1. The number of likely N-dealkylation sites (tertiary alicyclic amines) is 1. The van der Waals surface area contributed by atoms with Gasteiger partial charge < -0.3 is 24.2 Å². The van der Waals surface area contributed by atoms with Crippen LogP contribution in [0.4, 0.5) is 23.8 Å². The predicted molar refractivity (Wildman–Crippen MR) is 195 cm³/mol. The summed E-state index contributed by atoms with van der Waals surface area (Å²) in [7, 11) is 0. The number of para-hydroxylation sites is 1. The molecule has 0 aliphatic carbocycles. The van der Waals surface area contributed by atoms with Gasteiger partial charge in [-0.25, -0.2) is 14.3 Å². The minimum Gasteiger partial charge on any atom is -0.480 e. The van der Waals surface area contributed by atoms with Crippen molar-refractivity contribution in [1.82, 2.24) is 24.6 Å². The molecule has 0 bridgehead atoms. The summed E-state index contributed by atoms with van der Waals surface area (Å²) in [6.07, 6.45) is -5.39. The van der Waals surface area contributed by atoms with Gasteiger partial charge in [-0.1, -0.05) is 66.2 Å². The standard InChI is InChI=1S/C39H36ClF3N6O6/c1-25-14-17-49(46-25)30-20-27(40)12-13-29(30)34(39(41,42)43)55-33-21-32(44-36(45-33)54-28-10-6-3-7-11-28)47-18-15-38(16-19-47)22-31(35(50)51)48(24-38)37(52)53-23-26-8-4-2-5-9-26/h2-14,17,20-21,31,34H,15-16,18-19,22-24H2,1H3,(H,50,51)/t31?,34-/m1/s1. The Hall–Kier alpha value is -5.83. The number of benzene rings is 3. The van der Waals surface area contributed by atoms with E-state index in [1.807, 2.05) is 35.2 Å². The molecule has 55 heavy (non-hydrogen) atoms. The molecule has 286 valence electrons. The highest BCUT2D eigenvalue weighted by Gasteiger charge is 2.51. The van der Waals surface area contributed by atoms with Crippen LogP contribution in [-0.4, -0.2) is 73.7 Å². The molecular weight excluding hydrogens is 741 g/mol. The molecule has 1 spiro atoms. The second kappa shape index (κ2) is 15.5. The van der Waals surface area contributed by atoms with Crippen LogP contribution in [0.2, 0.25) is 5.02 Å². The van der Waals surface area contributed by atoms with Crippen molar-refractivity contribution in [3.63, 3.8) is 0 Å². The maximum atomic E-state index is 14.9. The number of nitrogens with zero attached hydrogens (tertiary/aromatic N) is 6. The van der Waals surface area contributed by atoms with E-state index in [-0.39, 0.29) is 47.7 Å². The highest BCUT2D eigenvalue weighted by molar-refractivity contribution is 6.30. The molecule has 2 saturated heterocycles. The van der Waals surface area contributed by atoms with E-state index in [1.165, 1.54) is 40.0 Å². The van der Waals surface area contributed by atoms with Gasteiger partial charge in [0.1, 0.15) is 24.2 Å². The Labute approximate surface area is 319 Å². The van der Waals surface area contributed by atoms with Crippen molar-refractivity contribution in [2.24, 2.45) is 5.41 Å². The van der Waals surface area contributed by atoms with Crippen LogP contribution in [0.1, 0.15) is 42.2 Å². The zero-order chi connectivity index (χ0) is 38.7. The summed E-state index contributed by atoms with van der Waals surface area (Å²) >= 11 is 6.23. The molecule has 16 heteroatoms. The van der Waals surface area contributed by atoms with Gasteiger partial charge in [-0.15, -0.1) is 0 Å². The van der Waals surface area contributed by atoms with Gasteiger partial charge in [-0.05, 0) is 67.5 Å². The van der Waals surface area contributed by atoms with Crippen LogP contribution in [0.3, 0.4) is 0 Å². The number of rotatable bonds is 10. The van der Waals surface area contributed by atoms with E-state index < -0.39 is 41.7 Å². The zero-order valence-electron chi connectivity index (χ0n) is 29.5. The normalized spacial score (nSPS) is 17.2. The molecule has 4 heterocycles. The van der Waals surface area contributed by atoms with Crippen LogP contribution in [-0.2, 0) is 16.1 Å². The van der Waals surface area contributed by atoms with Crippen LogP contribution in [0.5, 0.6) is 17.6 Å². The Bertz CT molecular complexity index is 2150. The minimum atomic E-state index is -4.90. The van der Waals surface area contributed by atoms with Crippen molar-refractivity contribution >= 4 is 29.5 Å². The lowest BCUT2D eigenvalue weighted by atomic mass is 9.76. The molecule has 2 atom stereocenters. The Kier molecular flexibility index (Phi) is 10.6. The lowest BCUT2D eigenvalue weighted by Crippen LogP contribution is -2.43. The average Bonchev–Trinajstić information content (AvgIpc) is 3.77. The first-order chi connectivity index (χ1) is 26.4. The first-order valence-electron chi connectivity index (χ1n) is 17.5. The number of amides is 1. The van der Waals surface area contributed by atoms with E-state index in [1.54, 1.807) is 43.3 Å². The van der Waals surface area contributed by atoms with Crippen LogP contribution in [0.15, 0.2) is 97.2 Å². The Morgan fingerprint density at radius 1 is 0.982 bits per heavy atom. The van der Waals surface area contributed by atoms with Crippen molar-refractivity contribution in [3.05, 3.63) is 119 Å². The molecule has 2 aliphatic rings. The molecule has 0 radical (unpaired) electrons. The maximum Gasteiger partial charge on any atom is 0.429 e. The summed E-state index contributed by atoms with van der Waals surface area (Å²) in [6.45, 7) is 2.60. The van der Waals surface area contributed by atoms with E-state index in [0.717, 1.165) is 5.56 Å². The molecule has 1 unspecified atom stereocenters. The van der Waals surface area contributed by atoms with Crippen LogP contribution < -0.4 is 14.4 Å². The smallest absolute Gasteiger partial charge is 0.429 e. The van der Waals surface area contributed by atoms with Crippen molar-refractivity contribution in [1.29, 1.82) is 0 Å². The lowest BCUT2D eigenvalue weighted by molar-refractivity contribution is -0.198. The molecule has 1 amide bonds. The molecule has 2 aliphatic heterocycles. The second-order valence-electron chi connectivity index (χ2n) is 13.6. The quantitative estimate of drug-likeness (QED) is 0.148. The Balaban J connectivity index is 1.14. The van der Waals surface area contributed by atoms with Crippen molar-refractivity contribution in [2.45, 2.75) is 51.1 Å². The SMILES string of the molecule is Cc1ccn(-c2cc(Cl)ccc2[C@@H](Oc2cc(N3CCC4(CC3)CC(C(=O)O)N(C(=O)OCc3ccccc3)C4)nc(Oc3ccccc3)n2)C(F)(F)F)n1. The van der Waals surface area contributed by atoms with Crippen LogP contribution in [0, 0.1) is 12.3 Å². The molecule has 2 fully saturated rings. The number of aliphatic carboxylic acids is 1. The zero-order valence-corrected chi connectivity index (χ0v) is 30.3. The second-order valence-corrected chi connectivity index (χ2v) is 14.1. The number of piperidine rings is 1. The third-order valence-electron chi connectivity index (χ3n) is 9.78. The average molecular weight is 777 g/mol. The molecular formula is C39H36ClF3N6O6. The molecule has 0 saturated carbocycles. The third kappa shape index (κ3) is 8.62. The molecule has 5 aromatic rings. The number of aryl methyl sites for hydroxylation is 1. The fourth-order valence-electron chi connectivity index (χ4n) is 7.01. The molecule has 3 aromatic carbocycles. The first-order valence-corrected chi connectivity index (χ1v) is 17.9. The van der Waals surface area contributed by atoms with E-state index in [0.29, 0.717) is 37.4 Å². The summed E-state index contributed by atoms with van der Waals surface area (Å²) < 4.78 is 63.2. The van der Waals surface area contributed by atoms with E-state index in [9.17, 15) is 27.9 Å². The number of hydrogen-bond donors (Lipinski definition) is 1. The van der Waals surface area contributed by atoms with Gasteiger partial charge in [-0.2, -0.15) is 28.2 Å². The van der Waals surface area contributed by atoms with E-state index in [4.69, 9.17) is 25.8 Å². The van der Waals surface area contributed by atoms with Crippen molar-refractivity contribution < 1.29 is 42.1 Å². The van der Waals surface area contributed by atoms with Gasteiger partial charge in [0.05, 0.1) is 11.4 Å². The number of anilines is 1. The van der Waals surface area contributed by atoms with Gasteiger partial charge >= 0.3 is 24.2 Å². The highest BCUT2D eigenvalue weighted by Crippen LogP contribution is 2.45. The lowest BCUT2D eigenvalue weighted by Gasteiger charge is -2.39. The Morgan fingerprint density at radius 3 is 2.35 bits per heavy atom. The number of ether oxygens (including phenoxy) is 3. The summed E-state index contributed by atoms with van der Waals surface area (Å²) in [6, 6.07) is 23.3. The van der Waals surface area contributed by atoms with Gasteiger partial charge in [0.15, 0.2) is 0 Å².